The molecule has 1 aliphatic carbocycles. The van der Waals surface area contributed by atoms with E-state index >= 15 is 0 Å². The Morgan fingerprint density at radius 1 is 1.30 bits per heavy atom. The molecule has 1 spiro atoms. The summed E-state index contributed by atoms with van der Waals surface area (Å²) in [5.74, 6) is -1.09. The van der Waals surface area contributed by atoms with Gasteiger partial charge in [-0.25, -0.2) is 0 Å². The summed E-state index contributed by atoms with van der Waals surface area (Å²) < 4.78 is 0. The fourth-order valence-electron chi connectivity index (χ4n) is 2.87. The van der Waals surface area contributed by atoms with E-state index in [9.17, 15) is 9.59 Å². The molecule has 1 aromatic carbocycles. The van der Waals surface area contributed by atoms with E-state index in [1.54, 1.807) is 4.90 Å². The van der Waals surface area contributed by atoms with Crippen LogP contribution in [-0.2, 0) is 15.0 Å². The van der Waals surface area contributed by atoms with Gasteiger partial charge in [0.2, 0.25) is 0 Å². The van der Waals surface area contributed by atoms with Crippen molar-refractivity contribution in [1.29, 1.82) is 0 Å². The molecule has 1 aromatic rings. The number of rotatable bonds is 3. The van der Waals surface area contributed by atoms with Gasteiger partial charge in [0.1, 0.15) is 0 Å². The third kappa shape index (κ3) is 2.08. The first-order chi connectivity index (χ1) is 9.68. The van der Waals surface area contributed by atoms with Crippen LogP contribution >= 0.6 is 0 Å². The summed E-state index contributed by atoms with van der Waals surface area (Å²) in [6.45, 7) is 0.935. The van der Waals surface area contributed by atoms with Crippen LogP contribution in [0.3, 0.4) is 0 Å². The molecule has 1 heterocycles. The maximum atomic E-state index is 12.3. The van der Waals surface area contributed by atoms with Gasteiger partial charge in [0.25, 0.3) is 0 Å². The molecule has 5 heteroatoms. The van der Waals surface area contributed by atoms with E-state index in [-0.39, 0.29) is 12.0 Å². The summed E-state index contributed by atoms with van der Waals surface area (Å²) in [5.41, 5.74) is 2.15. The van der Waals surface area contributed by atoms with Crippen molar-refractivity contribution in [3.05, 3.63) is 29.8 Å². The maximum Gasteiger partial charge on any atom is 0.316 e. The van der Waals surface area contributed by atoms with Crippen molar-refractivity contribution in [1.82, 2.24) is 5.32 Å². The lowest BCUT2D eigenvalue weighted by molar-refractivity contribution is -0.137. The second kappa shape index (κ2) is 4.90. The van der Waals surface area contributed by atoms with Crippen molar-refractivity contribution in [2.24, 2.45) is 0 Å². The first-order valence-electron chi connectivity index (χ1n) is 6.98. The molecule has 2 aliphatic rings. The number of hydrogen-bond acceptors (Lipinski definition) is 3. The molecule has 1 fully saturated rings. The van der Waals surface area contributed by atoms with E-state index in [2.05, 4.69) is 11.4 Å². The topological polar surface area (TPSA) is 69.6 Å². The molecular formula is C15H18N2O3. The number of para-hydroxylation sites is 1. The molecular weight excluding hydrogens is 256 g/mol. The number of aliphatic hydroxyl groups is 1. The van der Waals surface area contributed by atoms with Crippen LogP contribution < -0.4 is 10.2 Å². The quantitative estimate of drug-likeness (QED) is 0.625. The molecule has 106 valence electrons. The van der Waals surface area contributed by atoms with E-state index in [0.717, 1.165) is 18.5 Å². The third-order valence-corrected chi connectivity index (χ3v) is 4.14. The van der Waals surface area contributed by atoms with Crippen LogP contribution in [0, 0.1) is 0 Å². The molecule has 2 N–H and O–H groups in total. The minimum absolute atomic E-state index is 0.00410. The third-order valence-electron chi connectivity index (χ3n) is 4.14. The summed E-state index contributed by atoms with van der Waals surface area (Å²) in [7, 11) is 0. The van der Waals surface area contributed by atoms with E-state index in [1.165, 1.54) is 5.56 Å². The van der Waals surface area contributed by atoms with Crippen molar-refractivity contribution in [3.63, 3.8) is 0 Å². The number of fused-ring (bicyclic) bond motifs is 2. The lowest BCUT2D eigenvalue weighted by Gasteiger charge is -2.17. The molecule has 20 heavy (non-hydrogen) atoms. The van der Waals surface area contributed by atoms with E-state index in [1.807, 2.05) is 18.2 Å². The van der Waals surface area contributed by atoms with Gasteiger partial charge in [0.05, 0.1) is 0 Å². The number of hydrogen-bond donors (Lipinski definition) is 2. The molecule has 1 aliphatic heterocycles. The second-order valence-electron chi connectivity index (χ2n) is 5.52. The predicted molar refractivity (Wildman–Crippen MR) is 74.4 cm³/mol. The molecule has 0 saturated heterocycles. The minimum Gasteiger partial charge on any atom is -0.396 e. The molecule has 0 aromatic heterocycles. The van der Waals surface area contributed by atoms with Crippen molar-refractivity contribution < 1.29 is 14.7 Å². The normalized spacial score (nSPS) is 17.9. The fourth-order valence-corrected chi connectivity index (χ4v) is 2.87. The highest BCUT2D eigenvalue weighted by Gasteiger charge is 2.53. The molecule has 3 rings (SSSR count). The summed E-state index contributed by atoms with van der Waals surface area (Å²) in [4.78, 5) is 25.7. The smallest absolute Gasteiger partial charge is 0.316 e. The molecule has 0 radical (unpaired) electrons. The number of anilines is 1. The van der Waals surface area contributed by atoms with Gasteiger partial charge < -0.3 is 15.3 Å². The average molecular weight is 274 g/mol. The van der Waals surface area contributed by atoms with Gasteiger partial charge in [0, 0.05) is 30.8 Å². The largest absolute Gasteiger partial charge is 0.396 e. The number of carbonyl (C=O) groups excluding carboxylic acids is 2. The van der Waals surface area contributed by atoms with E-state index in [4.69, 9.17) is 5.11 Å². The Balaban J connectivity index is 1.75. The summed E-state index contributed by atoms with van der Waals surface area (Å²) in [6, 6.07) is 7.83. The SMILES string of the molecule is O=C(NCCCO)C(=O)N1CC2(CC2)c2ccccc21. The van der Waals surface area contributed by atoms with Gasteiger partial charge in [0.15, 0.2) is 0 Å². The van der Waals surface area contributed by atoms with Gasteiger partial charge in [-0.15, -0.1) is 0 Å². The van der Waals surface area contributed by atoms with Crippen LogP contribution in [0.1, 0.15) is 24.8 Å². The Labute approximate surface area is 117 Å². The van der Waals surface area contributed by atoms with Gasteiger partial charge in [-0.05, 0) is 30.9 Å². The van der Waals surface area contributed by atoms with Crippen molar-refractivity contribution in [2.75, 3.05) is 24.6 Å². The predicted octanol–water partition coefficient (Wildman–Crippen LogP) is 0.563. The van der Waals surface area contributed by atoms with Crippen LogP contribution in [0.25, 0.3) is 0 Å². The van der Waals surface area contributed by atoms with E-state index < -0.39 is 11.8 Å². The lowest BCUT2D eigenvalue weighted by atomic mass is 9.99. The molecule has 2 amide bonds. The zero-order valence-corrected chi connectivity index (χ0v) is 11.3. The second-order valence-corrected chi connectivity index (χ2v) is 5.52. The summed E-state index contributed by atoms with van der Waals surface area (Å²) >= 11 is 0. The van der Waals surface area contributed by atoms with Crippen molar-refractivity contribution >= 4 is 17.5 Å². The first-order valence-corrected chi connectivity index (χ1v) is 6.98. The van der Waals surface area contributed by atoms with Crippen molar-refractivity contribution in [2.45, 2.75) is 24.7 Å². The number of nitrogens with one attached hydrogen (secondary N) is 1. The summed E-state index contributed by atoms with van der Waals surface area (Å²) in [5, 5.41) is 11.2. The molecule has 0 atom stereocenters. The number of carbonyl (C=O) groups is 2. The van der Waals surface area contributed by atoms with Crippen LogP contribution in [-0.4, -0.2) is 36.6 Å². The van der Waals surface area contributed by atoms with Gasteiger partial charge in [-0.2, -0.15) is 0 Å². The van der Waals surface area contributed by atoms with E-state index in [0.29, 0.717) is 19.5 Å². The zero-order chi connectivity index (χ0) is 14.2. The molecule has 5 nitrogen and oxygen atoms in total. The Morgan fingerprint density at radius 3 is 2.75 bits per heavy atom. The first kappa shape index (κ1) is 13.1. The standard InChI is InChI=1S/C15H18N2O3/c18-9-3-8-16-13(19)14(20)17-10-15(6-7-15)11-4-1-2-5-12(11)17/h1-2,4-5,18H,3,6-10H2,(H,16,19). The highest BCUT2D eigenvalue weighted by Crippen LogP contribution is 2.56. The number of aliphatic hydroxyl groups excluding tert-OH is 1. The maximum absolute atomic E-state index is 12.3. The van der Waals surface area contributed by atoms with Crippen LogP contribution in [0.2, 0.25) is 0 Å². The number of benzene rings is 1. The van der Waals surface area contributed by atoms with Crippen molar-refractivity contribution in [3.8, 4) is 0 Å². The highest BCUT2D eigenvalue weighted by molar-refractivity contribution is 6.40. The highest BCUT2D eigenvalue weighted by atomic mass is 16.3. The van der Waals surface area contributed by atoms with Gasteiger partial charge in [-0.3, -0.25) is 9.59 Å². The Kier molecular flexibility index (Phi) is 3.22. The van der Waals surface area contributed by atoms with Crippen LogP contribution in [0.4, 0.5) is 5.69 Å². The number of amides is 2. The lowest BCUT2D eigenvalue weighted by Crippen LogP contribution is -2.43. The Hall–Kier alpha value is -1.88. The van der Waals surface area contributed by atoms with Gasteiger partial charge in [-0.1, -0.05) is 18.2 Å². The fraction of sp³-hybridized carbons (Fsp3) is 0.467. The van der Waals surface area contributed by atoms with Gasteiger partial charge >= 0.3 is 11.8 Å². The Bertz CT molecular complexity index is 552. The van der Waals surface area contributed by atoms with Crippen LogP contribution in [0.5, 0.6) is 0 Å². The summed E-state index contributed by atoms with van der Waals surface area (Å²) in [6.07, 6.45) is 2.62. The minimum atomic E-state index is -0.592. The number of nitrogens with zero attached hydrogens (tertiary/aromatic N) is 1. The molecule has 1 saturated carbocycles. The molecule has 0 unspecified atom stereocenters. The molecule has 0 bridgehead atoms. The van der Waals surface area contributed by atoms with Crippen LogP contribution in [0.15, 0.2) is 24.3 Å². The Morgan fingerprint density at radius 2 is 2.05 bits per heavy atom. The average Bonchev–Trinajstić information content (AvgIpc) is 3.17. The zero-order valence-electron chi connectivity index (χ0n) is 11.3. The monoisotopic (exact) mass is 274 g/mol.